The Morgan fingerprint density at radius 3 is 2.86 bits per heavy atom. The Morgan fingerprint density at radius 2 is 2.07 bits per heavy atom. The monoisotopic (exact) mass is 457 g/mol. The molecule has 6 nitrogen and oxygen atoms in total. The number of nitrogens with zero attached hydrogens (tertiary/aromatic N) is 2. The van der Waals surface area contributed by atoms with Gasteiger partial charge >= 0.3 is 5.97 Å². The summed E-state index contributed by atoms with van der Waals surface area (Å²) in [5.74, 6) is 1.02. The molecule has 4 rings (SSSR count). The molecular weight excluding hydrogens is 434 g/mol. The number of imidazole rings is 1. The Morgan fingerprint density at radius 1 is 1.24 bits per heavy atom. The van der Waals surface area contributed by atoms with Crippen LogP contribution in [0.4, 0.5) is 5.82 Å². The number of ether oxygens (including phenoxy) is 2. The van der Waals surface area contributed by atoms with E-state index in [4.69, 9.17) is 14.5 Å². The van der Waals surface area contributed by atoms with Crippen LogP contribution in [0.2, 0.25) is 0 Å². The van der Waals surface area contributed by atoms with Gasteiger partial charge in [0.25, 0.3) is 0 Å². The van der Waals surface area contributed by atoms with E-state index < -0.39 is 5.97 Å². The molecule has 0 amide bonds. The van der Waals surface area contributed by atoms with Gasteiger partial charge in [0.05, 0.1) is 0 Å². The van der Waals surface area contributed by atoms with Crippen LogP contribution < -0.4 is 10.1 Å². The molecule has 7 heteroatoms. The van der Waals surface area contributed by atoms with Gasteiger partial charge in [0.2, 0.25) is 0 Å². The van der Waals surface area contributed by atoms with Gasteiger partial charge in [-0.1, -0.05) is 31.4 Å². The van der Waals surface area contributed by atoms with Gasteiger partial charge < -0.3 is 14.8 Å². The maximum atomic E-state index is 11.8. The van der Waals surface area contributed by atoms with Gasteiger partial charge in [-0.15, -0.1) is 0 Å². The van der Waals surface area contributed by atoms with Gasteiger partial charge in [0.15, 0.2) is 0 Å². The second-order valence-electron chi connectivity index (χ2n) is 7.30. The van der Waals surface area contributed by atoms with Crippen LogP contribution >= 0.6 is 15.9 Å². The Balaban J connectivity index is 1.72. The molecule has 3 aromatic rings. The number of benzene rings is 1. The van der Waals surface area contributed by atoms with Crippen molar-refractivity contribution in [3.05, 3.63) is 47.1 Å². The minimum absolute atomic E-state index is 0.0822. The number of carbonyl (C=O) groups is 1. The van der Waals surface area contributed by atoms with Crippen LogP contribution in [0.3, 0.4) is 0 Å². The van der Waals surface area contributed by atoms with Crippen molar-refractivity contribution in [3.8, 4) is 17.0 Å². The second-order valence-corrected chi connectivity index (χ2v) is 8.21. The molecule has 0 atom stereocenters. The van der Waals surface area contributed by atoms with E-state index in [1.54, 1.807) is 6.07 Å². The highest BCUT2D eigenvalue weighted by Crippen LogP contribution is 2.33. The second kappa shape index (κ2) is 8.97. The Bertz CT molecular complexity index is 1010. The number of hydrogen-bond acceptors (Lipinski definition) is 5. The summed E-state index contributed by atoms with van der Waals surface area (Å²) < 4.78 is 13.3. The van der Waals surface area contributed by atoms with Gasteiger partial charge in [0.1, 0.15) is 29.5 Å². The Hall–Kier alpha value is -2.38. The fourth-order valence-electron chi connectivity index (χ4n) is 3.78. The van der Waals surface area contributed by atoms with Crippen molar-refractivity contribution in [3.63, 3.8) is 0 Å². The van der Waals surface area contributed by atoms with Gasteiger partial charge in [-0.3, -0.25) is 4.40 Å². The molecule has 152 valence electrons. The lowest BCUT2D eigenvalue weighted by molar-refractivity contribution is -0.138. The summed E-state index contributed by atoms with van der Waals surface area (Å²) >= 11 is 3.57. The molecule has 0 saturated heterocycles. The van der Waals surface area contributed by atoms with Crippen molar-refractivity contribution < 1.29 is 14.3 Å². The van der Waals surface area contributed by atoms with Crippen molar-refractivity contribution in [2.45, 2.75) is 38.1 Å². The number of carbonyl (C=O) groups excluding carboxylic acids is 1. The molecule has 2 heterocycles. The third-order valence-electron chi connectivity index (χ3n) is 5.13. The van der Waals surface area contributed by atoms with Crippen LogP contribution in [-0.2, 0) is 9.53 Å². The van der Waals surface area contributed by atoms with Crippen LogP contribution in [0.15, 0.2) is 47.1 Å². The predicted molar refractivity (Wildman–Crippen MR) is 116 cm³/mol. The van der Waals surface area contributed by atoms with E-state index in [1.807, 2.05) is 36.5 Å². The molecule has 0 bridgehead atoms. The summed E-state index contributed by atoms with van der Waals surface area (Å²) in [6, 6.07) is 11.9. The van der Waals surface area contributed by atoms with E-state index in [2.05, 4.69) is 25.6 Å². The van der Waals surface area contributed by atoms with Crippen LogP contribution in [0.5, 0.6) is 5.75 Å². The summed E-state index contributed by atoms with van der Waals surface area (Å²) in [7, 11) is 1.47. The predicted octanol–water partition coefficient (Wildman–Crippen LogP) is 5.06. The number of methoxy groups -OCH3 is 1. The molecule has 2 aromatic heterocycles. The molecule has 0 radical (unpaired) electrons. The molecule has 29 heavy (non-hydrogen) atoms. The van der Waals surface area contributed by atoms with Gasteiger partial charge in [0, 0.05) is 29.4 Å². The third kappa shape index (κ3) is 4.62. The molecule has 0 spiro atoms. The van der Waals surface area contributed by atoms with E-state index in [0.29, 0.717) is 11.8 Å². The van der Waals surface area contributed by atoms with Crippen LogP contribution in [0.25, 0.3) is 16.9 Å². The van der Waals surface area contributed by atoms with Crippen molar-refractivity contribution in [1.29, 1.82) is 0 Å². The van der Waals surface area contributed by atoms with E-state index in [0.717, 1.165) is 40.0 Å². The largest absolute Gasteiger partial charge is 0.425 e. The number of halogens is 1. The number of fused-ring (bicyclic) bond motifs is 1. The molecule has 1 N–H and O–H groups in total. The van der Waals surface area contributed by atoms with Crippen molar-refractivity contribution in [2.75, 3.05) is 19.0 Å². The quantitative estimate of drug-likeness (QED) is 0.413. The zero-order chi connectivity index (χ0) is 20.2. The highest BCUT2D eigenvalue weighted by molar-refractivity contribution is 9.10. The number of pyridine rings is 1. The number of esters is 1. The Kier molecular flexibility index (Phi) is 6.16. The summed E-state index contributed by atoms with van der Waals surface area (Å²) in [6.45, 7) is -0.0822. The first-order valence-corrected chi connectivity index (χ1v) is 10.7. The zero-order valence-corrected chi connectivity index (χ0v) is 17.9. The third-order valence-corrected chi connectivity index (χ3v) is 5.60. The van der Waals surface area contributed by atoms with Crippen LogP contribution in [0.1, 0.15) is 32.1 Å². The normalized spacial score (nSPS) is 14.8. The van der Waals surface area contributed by atoms with Crippen molar-refractivity contribution in [1.82, 2.24) is 9.38 Å². The van der Waals surface area contributed by atoms with Gasteiger partial charge in [-0.05, 0) is 53.0 Å². The molecular formula is C22H24BrN3O3. The highest BCUT2D eigenvalue weighted by atomic mass is 79.9. The first-order chi connectivity index (χ1) is 14.1. The molecule has 0 unspecified atom stereocenters. The number of nitrogens with one attached hydrogen (secondary N) is 1. The van der Waals surface area contributed by atoms with E-state index in [9.17, 15) is 4.79 Å². The van der Waals surface area contributed by atoms with Gasteiger partial charge in [-0.2, -0.15) is 0 Å². The lowest BCUT2D eigenvalue weighted by Gasteiger charge is -2.24. The van der Waals surface area contributed by atoms with Gasteiger partial charge in [-0.25, -0.2) is 9.78 Å². The SMILES string of the molecule is COCC(=O)Oc1cccc(-c2nc3ccc(Br)cn3c2NC2CCCCC2)c1. The Labute approximate surface area is 178 Å². The van der Waals surface area contributed by atoms with E-state index in [1.165, 1.54) is 26.4 Å². The first-order valence-electron chi connectivity index (χ1n) is 9.88. The maximum absolute atomic E-state index is 11.8. The molecule has 1 aliphatic carbocycles. The lowest BCUT2D eigenvalue weighted by atomic mass is 9.95. The average Bonchev–Trinajstić information content (AvgIpc) is 3.07. The fraction of sp³-hybridized carbons (Fsp3) is 0.364. The van der Waals surface area contributed by atoms with Crippen molar-refractivity contribution in [2.24, 2.45) is 0 Å². The molecule has 0 aliphatic heterocycles. The molecule has 1 fully saturated rings. The first kappa shape index (κ1) is 19.9. The number of anilines is 1. The van der Waals surface area contributed by atoms with Crippen LogP contribution in [-0.4, -0.2) is 35.1 Å². The summed E-state index contributed by atoms with van der Waals surface area (Å²) in [6.07, 6.45) is 8.15. The number of aromatic nitrogens is 2. The van der Waals surface area contributed by atoms with Crippen LogP contribution in [0, 0.1) is 0 Å². The zero-order valence-electron chi connectivity index (χ0n) is 16.4. The minimum Gasteiger partial charge on any atom is -0.425 e. The fourth-order valence-corrected chi connectivity index (χ4v) is 4.12. The lowest BCUT2D eigenvalue weighted by Crippen LogP contribution is -2.23. The summed E-state index contributed by atoms with van der Waals surface area (Å²) in [4.78, 5) is 16.6. The molecule has 1 aliphatic rings. The average molecular weight is 458 g/mol. The summed E-state index contributed by atoms with van der Waals surface area (Å²) in [5, 5.41) is 3.73. The number of hydrogen-bond donors (Lipinski definition) is 1. The molecule has 1 aromatic carbocycles. The minimum atomic E-state index is -0.427. The maximum Gasteiger partial charge on any atom is 0.337 e. The van der Waals surface area contributed by atoms with E-state index >= 15 is 0 Å². The topological polar surface area (TPSA) is 64.9 Å². The smallest absolute Gasteiger partial charge is 0.337 e. The summed E-state index contributed by atoms with van der Waals surface area (Å²) in [5.41, 5.74) is 2.60. The number of rotatable bonds is 6. The standard InChI is InChI=1S/C22H24BrN3O3/c1-28-14-20(27)29-18-9-5-6-15(12-18)21-22(24-17-7-3-2-4-8-17)26-13-16(23)10-11-19(26)25-21/h5-6,9-13,17,24H,2-4,7-8,14H2,1H3. The molecule has 1 saturated carbocycles. The highest BCUT2D eigenvalue weighted by Gasteiger charge is 2.20. The van der Waals surface area contributed by atoms with Crippen molar-refractivity contribution >= 4 is 33.4 Å². The van der Waals surface area contributed by atoms with E-state index in [-0.39, 0.29) is 6.61 Å².